The number of thiocarbonyl (C=S) groups is 1. The zero-order valence-corrected chi connectivity index (χ0v) is 18.0. The van der Waals surface area contributed by atoms with E-state index in [1.54, 1.807) is 25.1 Å². The number of hydrogen-bond acceptors (Lipinski definition) is 5. The maximum absolute atomic E-state index is 13.1. The number of benzene rings is 1. The lowest BCUT2D eigenvalue weighted by Crippen LogP contribution is -2.53. The van der Waals surface area contributed by atoms with Crippen molar-refractivity contribution in [2.24, 2.45) is 0 Å². The van der Waals surface area contributed by atoms with Gasteiger partial charge in [0, 0.05) is 24.2 Å². The van der Waals surface area contributed by atoms with Gasteiger partial charge in [0.2, 0.25) is 5.91 Å². The summed E-state index contributed by atoms with van der Waals surface area (Å²) in [7, 11) is 0. The van der Waals surface area contributed by atoms with Crippen LogP contribution >= 0.6 is 35.6 Å². The number of thioether (sulfide) groups is 1. The molecule has 1 aromatic rings. The minimum Gasteiger partial charge on any atom is -0.396 e. The summed E-state index contributed by atoms with van der Waals surface area (Å²) in [5.74, 6) is -0.370. The minimum absolute atomic E-state index is 0.0223. The number of halogens is 1. The summed E-state index contributed by atoms with van der Waals surface area (Å²) in [6.07, 6.45) is 5.18. The molecule has 5 nitrogen and oxygen atoms in total. The molecule has 0 radical (unpaired) electrons. The van der Waals surface area contributed by atoms with E-state index in [4.69, 9.17) is 23.8 Å². The van der Waals surface area contributed by atoms with E-state index < -0.39 is 6.04 Å². The number of likely N-dealkylation sites (tertiary alicyclic amines) is 1. The first-order valence-electron chi connectivity index (χ1n) is 9.36. The molecule has 150 valence electrons. The number of aliphatic hydroxyl groups excluding tert-OH is 1. The van der Waals surface area contributed by atoms with Crippen LogP contribution in [0, 0.1) is 0 Å². The average molecular weight is 439 g/mol. The fourth-order valence-electron chi connectivity index (χ4n) is 3.65. The molecule has 1 N–H and O–H groups in total. The lowest BCUT2D eigenvalue weighted by Gasteiger charge is -2.38. The summed E-state index contributed by atoms with van der Waals surface area (Å²) >= 11 is 12.6. The van der Waals surface area contributed by atoms with Crippen molar-refractivity contribution >= 4 is 57.8 Å². The molecule has 2 atom stereocenters. The fourth-order valence-corrected chi connectivity index (χ4v) is 5.27. The molecular weight excluding hydrogens is 416 g/mol. The number of amides is 2. The third kappa shape index (κ3) is 4.59. The smallest absolute Gasteiger partial charge is 0.266 e. The Hall–Kier alpha value is -1.41. The first-order chi connectivity index (χ1) is 13.4. The molecule has 1 aromatic carbocycles. The van der Waals surface area contributed by atoms with Crippen LogP contribution in [0.4, 0.5) is 0 Å². The maximum Gasteiger partial charge on any atom is 0.266 e. The zero-order chi connectivity index (χ0) is 20.3. The van der Waals surface area contributed by atoms with Gasteiger partial charge in [0.05, 0.1) is 4.91 Å². The second kappa shape index (κ2) is 9.39. The van der Waals surface area contributed by atoms with Crippen molar-refractivity contribution in [3.63, 3.8) is 0 Å². The van der Waals surface area contributed by atoms with Crippen molar-refractivity contribution in [2.45, 2.75) is 44.7 Å². The Morgan fingerprint density at radius 2 is 2.25 bits per heavy atom. The van der Waals surface area contributed by atoms with Gasteiger partial charge in [-0.15, -0.1) is 0 Å². The fraction of sp³-hybridized carbons (Fsp3) is 0.450. The Kier molecular flexibility index (Phi) is 7.15. The van der Waals surface area contributed by atoms with E-state index in [1.165, 1.54) is 16.7 Å². The van der Waals surface area contributed by atoms with Gasteiger partial charge < -0.3 is 10.0 Å². The Morgan fingerprint density at radius 1 is 1.46 bits per heavy atom. The van der Waals surface area contributed by atoms with Crippen LogP contribution in [0.15, 0.2) is 29.2 Å². The summed E-state index contributed by atoms with van der Waals surface area (Å²) < 4.78 is 0.384. The Morgan fingerprint density at radius 3 is 2.96 bits per heavy atom. The number of hydrogen-bond donors (Lipinski definition) is 1. The molecule has 2 aliphatic rings. The van der Waals surface area contributed by atoms with Crippen LogP contribution in [0.25, 0.3) is 6.08 Å². The van der Waals surface area contributed by atoms with Gasteiger partial charge in [-0.2, -0.15) is 0 Å². The lowest BCUT2D eigenvalue weighted by atomic mass is 9.98. The Balaban J connectivity index is 1.78. The molecule has 2 amide bonds. The molecule has 8 heteroatoms. The molecule has 0 unspecified atom stereocenters. The highest BCUT2D eigenvalue weighted by Crippen LogP contribution is 2.35. The van der Waals surface area contributed by atoms with Gasteiger partial charge in [-0.25, -0.2) is 0 Å². The molecule has 2 saturated heterocycles. The highest BCUT2D eigenvalue weighted by Gasteiger charge is 2.40. The molecule has 2 aliphatic heterocycles. The second-order valence-electron chi connectivity index (χ2n) is 6.98. The van der Waals surface area contributed by atoms with Crippen molar-refractivity contribution in [3.05, 3.63) is 39.8 Å². The van der Waals surface area contributed by atoms with Crippen LogP contribution < -0.4 is 0 Å². The van der Waals surface area contributed by atoms with Crippen molar-refractivity contribution in [1.82, 2.24) is 9.80 Å². The lowest BCUT2D eigenvalue weighted by molar-refractivity contribution is -0.142. The van der Waals surface area contributed by atoms with Crippen molar-refractivity contribution in [1.29, 1.82) is 0 Å². The van der Waals surface area contributed by atoms with E-state index in [-0.39, 0.29) is 24.5 Å². The Bertz CT molecular complexity index is 812. The number of nitrogens with zero attached hydrogens (tertiary/aromatic N) is 2. The quantitative estimate of drug-likeness (QED) is 0.561. The average Bonchev–Trinajstić information content (AvgIpc) is 2.94. The largest absolute Gasteiger partial charge is 0.396 e. The minimum atomic E-state index is -0.669. The first-order valence-corrected chi connectivity index (χ1v) is 11.0. The van der Waals surface area contributed by atoms with Gasteiger partial charge in [0.1, 0.15) is 10.4 Å². The molecule has 2 fully saturated rings. The number of piperidine rings is 1. The van der Waals surface area contributed by atoms with Gasteiger partial charge in [-0.1, -0.05) is 47.7 Å². The van der Waals surface area contributed by atoms with Crippen LogP contribution in [-0.4, -0.2) is 56.3 Å². The maximum atomic E-state index is 13.1. The monoisotopic (exact) mass is 438 g/mol. The standard InChI is InChI=1S/C20H23ClN2O3S2/c1-13(18(25)22-9-3-2-7-16(22)8-10-24)23-19(26)17(28-20(23)27)12-14-5-4-6-15(21)11-14/h4-6,11-13,16,24H,2-3,7-10H2,1H3/b17-12-/t13-,16+/m0/s1. The predicted octanol–water partition coefficient (Wildman–Crippen LogP) is 3.69. The van der Waals surface area contributed by atoms with Crippen LogP contribution in [0.2, 0.25) is 5.02 Å². The number of carbonyl (C=O) groups is 2. The molecule has 0 saturated carbocycles. The summed E-state index contributed by atoms with van der Waals surface area (Å²) in [6, 6.07) is 6.58. The zero-order valence-electron chi connectivity index (χ0n) is 15.6. The summed E-state index contributed by atoms with van der Waals surface area (Å²) in [5.41, 5.74) is 0.811. The van der Waals surface area contributed by atoms with Crippen LogP contribution in [0.1, 0.15) is 38.2 Å². The molecule has 2 heterocycles. The summed E-state index contributed by atoms with van der Waals surface area (Å²) in [6.45, 7) is 2.42. The van der Waals surface area contributed by atoms with Crippen molar-refractivity contribution in [3.8, 4) is 0 Å². The van der Waals surface area contributed by atoms with Gasteiger partial charge >= 0.3 is 0 Å². The van der Waals surface area contributed by atoms with E-state index in [2.05, 4.69) is 0 Å². The van der Waals surface area contributed by atoms with Gasteiger partial charge in [0.25, 0.3) is 5.91 Å². The number of rotatable bonds is 5. The van der Waals surface area contributed by atoms with Gasteiger partial charge in [0.15, 0.2) is 0 Å². The second-order valence-corrected chi connectivity index (χ2v) is 9.09. The summed E-state index contributed by atoms with van der Waals surface area (Å²) in [4.78, 5) is 29.8. The van der Waals surface area contributed by atoms with Crippen molar-refractivity contribution in [2.75, 3.05) is 13.2 Å². The van der Waals surface area contributed by atoms with E-state index in [1.807, 2.05) is 17.0 Å². The van der Waals surface area contributed by atoms with E-state index in [0.717, 1.165) is 24.8 Å². The van der Waals surface area contributed by atoms with E-state index in [9.17, 15) is 14.7 Å². The highest BCUT2D eigenvalue weighted by molar-refractivity contribution is 8.26. The van der Waals surface area contributed by atoms with E-state index in [0.29, 0.717) is 27.2 Å². The summed E-state index contributed by atoms with van der Waals surface area (Å²) in [5, 5.41) is 9.89. The molecule has 28 heavy (non-hydrogen) atoms. The highest BCUT2D eigenvalue weighted by atomic mass is 35.5. The molecule has 3 rings (SSSR count). The third-order valence-corrected chi connectivity index (χ3v) is 6.65. The van der Waals surface area contributed by atoms with Crippen LogP contribution in [-0.2, 0) is 9.59 Å². The molecule has 0 bridgehead atoms. The third-order valence-electron chi connectivity index (χ3n) is 5.09. The van der Waals surface area contributed by atoms with E-state index >= 15 is 0 Å². The van der Waals surface area contributed by atoms with Gasteiger partial charge in [-0.05, 0) is 56.4 Å². The van der Waals surface area contributed by atoms with Crippen LogP contribution in [0.3, 0.4) is 0 Å². The molecule has 0 spiro atoms. The molecule has 0 aromatic heterocycles. The normalized spacial score (nSPS) is 22.8. The topological polar surface area (TPSA) is 60.9 Å². The first kappa shape index (κ1) is 21.3. The van der Waals surface area contributed by atoms with Gasteiger partial charge in [-0.3, -0.25) is 14.5 Å². The predicted molar refractivity (Wildman–Crippen MR) is 117 cm³/mol. The SMILES string of the molecule is C[C@@H](C(=O)N1CCCC[C@@H]1CCO)N1C(=O)/C(=C/c2cccc(Cl)c2)SC1=S. The molecular formula is C20H23ClN2O3S2. The van der Waals surface area contributed by atoms with Crippen LogP contribution in [0.5, 0.6) is 0 Å². The number of carbonyl (C=O) groups excluding carboxylic acids is 2. The van der Waals surface area contributed by atoms with Crippen molar-refractivity contribution < 1.29 is 14.7 Å². The Labute approximate surface area is 179 Å². The molecule has 0 aliphatic carbocycles. The number of aliphatic hydroxyl groups is 1.